The molecule has 9 heteroatoms. The van der Waals surface area contributed by atoms with Crippen molar-refractivity contribution >= 4 is 39.7 Å². The Labute approximate surface area is 248 Å². The van der Waals surface area contributed by atoms with Gasteiger partial charge in [-0.05, 0) is 63.5 Å². The Morgan fingerprint density at radius 2 is 2.05 bits per heavy atom. The van der Waals surface area contributed by atoms with Crippen molar-refractivity contribution in [2.75, 3.05) is 32.5 Å². The number of hydrogen-bond donors (Lipinski definition) is 1. The highest BCUT2D eigenvalue weighted by Crippen LogP contribution is 2.36. The maximum Gasteiger partial charge on any atom is 0.159 e. The van der Waals surface area contributed by atoms with Crippen molar-refractivity contribution < 1.29 is 23.9 Å². The molecule has 0 atom stereocenters. The van der Waals surface area contributed by atoms with Crippen LogP contribution in [0.3, 0.4) is 0 Å². The van der Waals surface area contributed by atoms with Crippen LogP contribution in [-0.2, 0) is 17.8 Å². The predicted octanol–water partition coefficient (Wildman–Crippen LogP) is 6.11. The van der Waals surface area contributed by atoms with Crippen molar-refractivity contribution in [1.82, 2.24) is 14.9 Å². The van der Waals surface area contributed by atoms with Crippen LogP contribution in [0.1, 0.15) is 33.3 Å². The van der Waals surface area contributed by atoms with Crippen LogP contribution in [0.4, 0.5) is 11.4 Å². The molecular formula is C31H30ClN5O3. The first-order valence-corrected chi connectivity index (χ1v) is 12.4. The van der Waals surface area contributed by atoms with Crippen LogP contribution in [0.2, 0.25) is 5.02 Å². The smallest absolute Gasteiger partial charge is 0.159 e. The number of fused-ring (bicyclic) bond motifs is 1. The molecule has 0 unspecified atom stereocenters. The quantitative estimate of drug-likeness (QED) is 0.207. The average molecular weight is 563 g/mol. The number of aromatic nitrogens is 2. The number of pyridine rings is 2. The van der Waals surface area contributed by atoms with Crippen LogP contribution < -0.4 is 14.8 Å². The molecule has 0 aliphatic carbocycles. The molecule has 0 fully saturated rings. The number of anilines is 2. The summed E-state index contributed by atoms with van der Waals surface area (Å²) >= 11 is 6.47. The summed E-state index contributed by atoms with van der Waals surface area (Å²) in [5, 5.41) is 13.5. The summed E-state index contributed by atoms with van der Waals surface area (Å²) < 4.78 is 67.6. The number of benzene rings is 2. The Morgan fingerprint density at radius 1 is 1.20 bits per heavy atom. The van der Waals surface area contributed by atoms with E-state index in [0.29, 0.717) is 16.6 Å². The molecule has 40 heavy (non-hydrogen) atoms. The Balaban J connectivity index is 1.74. The van der Waals surface area contributed by atoms with E-state index in [2.05, 4.69) is 21.4 Å². The number of nitrogens with zero attached hydrogens (tertiary/aromatic N) is 4. The minimum atomic E-state index is -2.28. The summed E-state index contributed by atoms with van der Waals surface area (Å²) in [5.74, 6) is -0.581. The molecule has 0 aliphatic rings. The third-order valence-electron chi connectivity index (χ3n) is 5.40. The molecule has 0 aliphatic heterocycles. The van der Waals surface area contributed by atoms with Crippen molar-refractivity contribution in [2.24, 2.45) is 0 Å². The van der Waals surface area contributed by atoms with Gasteiger partial charge in [0.05, 0.1) is 40.9 Å². The Bertz CT molecular complexity index is 1880. The SMILES string of the molecule is [2H]/C(=C\C(=O)Cc1cc2c(Nc3ccc(OC([2H])([2H])c4ccccn4)c(Cl)c3)c(C#N)cnc2cc1OC([2H])([2H])C)C([2H])([2H])N(C)C. The lowest BCUT2D eigenvalue weighted by atomic mass is 10.0. The maximum atomic E-state index is 13.0. The molecule has 4 aromatic rings. The molecule has 0 saturated carbocycles. The zero-order valence-corrected chi connectivity index (χ0v) is 22.7. The van der Waals surface area contributed by atoms with Crippen LogP contribution >= 0.6 is 11.6 Å². The lowest BCUT2D eigenvalue weighted by Crippen LogP contribution is -2.11. The second-order valence-corrected chi connectivity index (χ2v) is 8.98. The number of allylic oxidation sites excluding steroid dienone is 1. The number of nitrogens with one attached hydrogen (secondary N) is 1. The molecule has 0 bridgehead atoms. The van der Waals surface area contributed by atoms with Crippen LogP contribution in [-0.4, -0.2) is 47.8 Å². The Morgan fingerprint density at radius 3 is 2.75 bits per heavy atom. The standard InChI is InChI=1S/C31H30ClN5O3/c1-4-39-30-17-28-26(15-21(30)14-25(38)9-7-13-37(2)3)31(22(18-33)19-35-28)36-23-10-11-29(27(32)16-23)40-20-24-8-5-6-12-34-24/h5-12,15-17,19H,4,13-14,20H2,1-3H3,(H,35,36)/b9-7+/i4D2,7D,13D2,20D2. The largest absolute Gasteiger partial charge is 0.494 e. The molecule has 2 heterocycles. The number of nitriles is 1. The fraction of sp³-hybridized carbons (Fsp3) is 0.226. The van der Waals surface area contributed by atoms with Gasteiger partial charge in [0, 0.05) is 50.8 Å². The summed E-state index contributed by atoms with van der Waals surface area (Å²) in [4.78, 5) is 22.5. The molecular weight excluding hydrogens is 526 g/mol. The fourth-order valence-corrected chi connectivity index (χ4v) is 3.86. The molecule has 0 radical (unpaired) electrons. The van der Waals surface area contributed by atoms with Gasteiger partial charge in [-0.2, -0.15) is 5.26 Å². The van der Waals surface area contributed by atoms with E-state index in [4.69, 9.17) is 30.7 Å². The van der Waals surface area contributed by atoms with E-state index in [-0.39, 0.29) is 45.5 Å². The number of rotatable bonds is 12. The molecule has 0 amide bonds. The number of ether oxygens (including phenoxy) is 2. The van der Waals surface area contributed by atoms with Gasteiger partial charge in [0.15, 0.2) is 5.78 Å². The topological polar surface area (TPSA) is 100 Å². The second kappa shape index (κ2) is 13.6. The summed E-state index contributed by atoms with van der Waals surface area (Å²) in [6.07, 6.45) is 3.26. The molecule has 1 N–H and O–H groups in total. The first-order chi connectivity index (χ1) is 21.9. The minimum absolute atomic E-state index is 0.00350. The van der Waals surface area contributed by atoms with Gasteiger partial charge in [0.2, 0.25) is 0 Å². The van der Waals surface area contributed by atoms with Crippen LogP contribution in [0, 0.1) is 11.3 Å². The molecule has 8 nitrogen and oxygen atoms in total. The monoisotopic (exact) mass is 562 g/mol. The van der Waals surface area contributed by atoms with Crippen LogP contribution in [0.5, 0.6) is 11.5 Å². The lowest BCUT2D eigenvalue weighted by Gasteiger charge is -2.16. The molecule has 0 spiro atoms. The van der Waals surface area contributed by atoms with Crippen molar-refractivity contribution in [3.8, 4) is 17.6 Å². The zero-order chi connectivity index (χ0) is 34.7. The normalized spacial score (nSPS) is 15.0. The fourth-order valence-electron chi connectivity index (χ4n) is 3.64. The summed E-state index contributed by atoms with van der Waals surface area (Å²) in [7, 11) is 2.88. The summed E-state index contributed by atoms with van der Waals surface area (Å²) in [5.41, 5.74) is 1.38. The third kappa shape index (κ3) is 7.35. The van der Waals surface area contributed by atoms with Gasteiger partial charge >= 0.3 is 0 Å². The van der Waals surface area contributed by atoms with Crippen LogP contribution in [0.15, 0.2) is 73.1 Å². The number of ketones is 1. The second-order valence-electron chi connectivity index (χ2n) is 8.57. The lowest BCUT2D eigenvalue weighted by molar-refractivity contribution is -0.114. The Hall–Kier alpha value is -4.45. The van der Waals surface area contributed by atoms with E-state index in [1.165, 1.54) is 63.7 Å². The van der Waals surface area contributed by atoms with E-state index in [1.54, 1.807) is 18.2 Å². The van der Waals surface area contributed by atoms with E-state index >= 15 is 0 Å². The van der Waals surface area contributed by atoms with Gasteiger partial charge in [-0.15, -0.1) is 0 Å². The molecule has 0 saturated heterocycles. The number of carbonyl (C=O) groups is 1. The number of likely N-dealkylation sites (N-methyl/N-ethyl adjacent to an activating group) is 1. The van der Waals surface area contributed by atoms with Crippen LogP contribution in [0.25, 0.3) is 10.9 Å². The van der Waals surface area contributed by atoms with E-state index in [0.717, 1.165) is 11.0 Å². The van der Waals surface area contributed by atoms with Gasteiger partial charge in [0.25, 0.3) is 0 Å². The van der Waals surface area contributed by atoms with E-state index in [9.17, 15) is 10.1 Å². The average Bonchev–Trinajstić information content (AvgIpc) is 2.98. The maximum absolute atomic E-state index is 13.0. The molecule has 2 aromatic heterocycles. The van der Waals surface area contributed by atoms with Crippen molar-refractivity contribution in [1.29, 1.82) is 5.26 Å². The van der Waals surface area contributed by atoms with Crippen molar-refractivity contribution in [3.05, 3.63) is 94.9 Å². The first-order valence-electron chi connectivity index (χ1n) is 15.5. The van der Waals surface area contributed by atoms with Gasteiger partial charge in [0.1, 0.15) is 24.1 Å². The number of carbonyl (C=O) groups excluding carboxylic acids is 1. The van der Waals surface area contributed by atoms with Crippen molar-refractivity contribution in [3.63, 3.8) is 0 Å². The molecule has 2 aromatic carbocycles. The number of hydrogen-bond acceptors (Lipinski definition) is 8. The van der Waals surface area contributed by atoms with Crippen molar-refractivity contribution in [2.45, 2.75) is 19.9 Å². The summed E-state index contributed by atoms with van der Waals surface area (Å²) in [6.45, 7) is -5.42. The third-order valence-corrected chi connectivity index (χ3v) is 5.70. The molecule has 4 rings (SSSR count). The minimum Gasteiger partial charge on any atom is -0.494 e. The predicted molar refractivity (Wildman–Crippen MR) is 157 cm³/mol. The highest BCUT2D eigenvalue weighted by molar-refractivity contribution is 6.32. The van der Waals surface area contributed by atoms with E-state index in [1.807, 2.05) is 0 Å². The van der Waals surface area contributed by atoms with Gasteiger partial charge < -0.3 is 19.7 Å². The highest BCUT2D eigenvalue weighted by atomic mass is 35.5. The summed E-state index contributed by atoms with van der Waals surface area (Å²) in [6, 6.07) is 13.7. The first kappa shape index (κ1) is 20.5. The highest BCUT2D eigenvalue weighted by Gasteiger charge is 2.16. The molecule has 204 valence electrons. The Kier molecular flexibility index (Phi) is 6.93. The van der Waals surface area contributed by atoms with Gasteiger partial charge in [-0.3, -0.25) is 14.8 Å². The van der Waals surface area contributed by atoms with E-state index < -0.39 is 31.5 Å². The van der Waals surface area contributed by atoms with Gasteiger partial charge in [-0.1, -0.05) is 23.7 Å². The van der Waals surface area contributed by atoms with Gasteiger partial charge in [-0.25, -0.2) is 0 Å². The number of halogens is 1. The zero-order valence-electron chi connectivity index (χ0n) is 28.9.